The summed E-state index contributed by atoms with van der Waals surface area (Å²) in [7, 11) is 0. The van der Waals surface area contributed by atoms with Crippen LogP contribution >= 0.6 is 0 Å². The molecule has 3 N–H and O–H groups in total. The Hall–Kier alpha value is -0.900. The van der Waals surface area contributed by atoms with Crippen molar-refractivity contribution in [1.82, 2.24) is 5.32 Å². The second kappa shape index (κ2) is 3.30. The van der Waals surface area contributed by atoms with E-state index >= 15 is 0 Å². The zero-order valence-electron chi connectivity index (χ0n) is 8.43. The van der Waals surface area contributed by atoms with Crippen molar-refractivity contribution < 1.29 is 10.2 Å². The van der Waals surface area contributed by atoms with Crippen LogP contribution in [0, 0.1) is 11.8 Å². The third-order valence-corrected chi connectivity index (χ3v) is 3.66. The normalized spacial score (nSPS) is 43.1. The van der Waals surface area contributed by atoms with E-state index in [2.05, 4.69) is 23.5 Å². The highest BCUT2D eigenvalue weighted by atomic mass is 16.3. The Bertz CT molecular complexity index is 370. The van der Waals surface area contributed by atoms with Gasteiger partial charge in [0.05, 0.1) is 0 Å². The van der Waals surface area contributed by atoms with Gasteiger partial charge in [0.15, 0.2) is 0 Å². The van der Waals surface area contributed by atoms with Crippen molar-refractivity contribution in [3.63, 3.8) is 0 Å². The molecule has 4 unspecified atom stereocenters. The van der Waals surface area contributed by atoms with E-state index in [0.717, 1.165) is 18.4 Å². The Morgan fingerprint density at radius 1 is 1.20 bits per heavy atom. The first-order valence-electron chi connectivity index (χ1n) is 5.48. The Morgan fingerprint density at radius 2 is 2.07 bits per heavy atom. The van der Waals surface area contributed by atoms with Gasteiger partial charge in [-0.3, -0.25) is 5.32 Å². The van der Waals surface area contributed by atoms with E-state index in [1.54, 1.807) is 0 Å². The summed E-state index contributed by atoms with van der Waals surface area (Å²) in [4.78, 5) is 0. The number of hydrogen-bond donors (Lipinski definition) is 3. The second-order valence-corrected chi connectivity index (χ2v) is 4.46. The fourth-order valence-electron chi connectivity index (χ4n) is 2.93. The number of fused-ring (bicyclic) bond motifs is 2. The van der Waals surface area contributed by atoms with Gasteiger partial charge in [-0.15, -0.1) is 0 Å². The highest BCUT2D eigenvalue weighted by molar-refractivity contribution is 5.42. The molecule has 0 aromatic rings. The molecule has 0 spiro atoms. The minimum atomic E-state index is -0.668. The number of nitrogens with one attached hydrogen (secondary N) is 1. The van der Waals surface area contributed by atoms with Crippen molar-refractivity contribution in [3.05, 3.63) is 35.5 Å². The molecule has 0 saturated carbocycles. The molecule has 3 aliphatic rings. The summed E-state index contributed by atoms with van der Waals surface area (Å²) >= 11 is 0. The number of aliphatic hydroxyl groups excluding tert-OH is 2. The Balaban J connectivity index is 2.07. The van der Waals surface area contributed by atoms with Crippen LogP contribution in [0.2, 0.25) is 0 Å². The van der Waals surface area contributed by atoms with Crippen LogP contribution in [0.3, 0.4) is 0 Å². The summed E-state index contributed by atoms with van der Waals surface area (Å²) in [5.41, 5.74) is 2.20. The van der Waals surface area contributed by atoms with Gasteiger partial charge >= 0.3 is 0 Å². The van der Waals surface area contributed by atoms with Crippen molar-refractivity contribution >= 4 is 0 Å². The van der Waals surface area contributed by atoms with Crippen LogP contribution in [-0.4, -0.2) is 22.7 Å². The summed E-state index contributed by atoms with van der Waals surface area (Å²) in [6, 6.07) is 0. The van der Waals surface area contributed by atoms with Crippen molar-refractivity contribution in [2.24, 2.45) is 11.8 Å². The number of hydrogen-bond acceptors (Lipinski definition) is 3. The highest BCUT2D eigenvalue weighted by Crippen LogP contribution is 2.42. The fraction of sp³-hybridized carbons (Fsp3) is 0.500. The average molecular weight is 205 g/mol. The quantitative estimate of drug-likeness (QED) is 0.545. The smallest absolute Gasteiger partial charge is 0.130 e. The van der Waals surface area contributed by atoms with Crippen molar-refractivity contribution in [2.45, 2.75) is 25.3 Å². The molecule has 0 aromatic carbocycles. The number of allylic oxidation sites excluding steroid dienone is 5. The molecule has 3 nitrogen and oxygen atoms in total. The van der Waals surface area contributed by atoms with Crippen LogP contribution in [0.4, 0.5) is 0 Å². The maximum Gasteiger partial charge on any atom is 0.130 e. The lowest BCUT2D eigenvalue weighted by molar-refractivity contribution is 0.0821. The van der Waals surface area contributed by atoms with Gasteiger partial charge < -0.3 is 10.2 Å². The number of rotatable bonds is 0. The maximum atomic E-state index is 9.85. The van der Waals surface area contributed by atoms with E-state index in [-0.39, 0.29) is 5.92 Å². The summed E-state index contributed by atoms with van der Waals surface area (Å²) in [6.07, 6.45) is 9.06. The summed E-state index contributed by atoms with van der Waals surface area (Å²) in [6.45, 7) is 0. The van der Waals surface area contributed by atoms with Gasteiger partial charge in [0.2, 0.25) is 0 Å². The van der Waals surface area contributed by atoms with E-state index in [0.29, 0.717) is 5.92 Å². The van der Waals surface area contributed by atoms with Gasteiger partial charge in [0, 0.05) is 11.8 Å². The lowest BCUT2D eigenvalue weighted by atomic mass is 9.75. The highest BCUT2D eigenvalue weighted by Gasteiger charge is 2.41. The van der Waals surface area contributed by atoms with Crippen molar-refractivity contribution in [2.75, 3.05) is 0 Å². The minimum absolute atomic E-state index is 0.0994. The van der Waals surface area contributed by atoms with Crippen LogP contribution < -0.4 is 5.32 Å². The van der Waals surface area contributed by atoms with Gasteiger partial charge in [-0.2, -0.15) is 0 Å². The summed E-state index contributed by atoms with van der Waals surface area (Å²) < 4.78 is 0. The van der Waals surface area contributed by atoms with Crippen LogP contribution in [0.1, 0.15) is 12.8 Å². The van der Waals surface area contributed by atoms with Gasteiger partial charge in [-0.25, -0.2) is 0 Å². The van der Waals surface area contributed by atoms with E-state index < -0.39 is 12.5 Å². The zero-order valence-corrected chi connectivity index (χ0v) is 8.43. The monoisotopic (exact) mass is 205 g/mol. The number of aliphatic hydroxyl groups is 2. The minimum Gasteiger partial charge on any atom is -0.378 e. The molecular weight excluding hydrogens is 190 g/mol. The van der Waals surface area contributed by atoms with E-state index in [4.69, 9.17) is 0 Å². The van der Waals surface area contributed by atoms with Crippen molar-refractivity contribution in [1.29, 1.82) is 0 Å². The first-order valence-corrected chi connectivity index (χ1v) is 5.48. The van der Waals surface area contributed by atoms with E-state index in [9.17, 15) is 10.2 Å². The molecule has 0 bridgehead atoms. The van der Waals surface area contributed by atoms with Gasteiger partial charge in [-0.05, 0) is 24.0 Å². The second-order valence-electron chi connectivity index (χ2n) is 4.46. The van der Waals surface area contributed by atoms with Crippen molar-refractivity contribution in [3.8, 4) is 0 Å². The van der Waals surface area contributed by atoms with E-state index in [1.807, 2.05) is 6.08 Å². The molecule has 1 fully saturated rings. The third kappa shape index (κ3) is 1.31. The Morgan fingerprint density at radius 3 is 2.93 bits per heavy atom. The van der Waals surface area contributed by atoms with Gasteiger partial charge in [0.1, 0.15) is 12.5 Å². The predicted octanol–water partition coefficient (Wildman–Crippen LogP) is 0.675. The first kappa shape index (κ1) is 9.33. The largest absolute Gasteiger partial charge is 0.378 e. The predicted molar refractivity (Wildman–Crippen MR) is 56.7 cm³/mol. The molecule has 2 aliphatic carbocycles. The molecule has 0 aromatic heterocycles. The van der Waals surface area contributed by atoms with Crippen LogP contribution in [0.25, 0.3) is 0 Å². The molecule has 1 heterocycles. The maximum absolute atomic E-state index is 9.85. The average Bonchev–Trinajstić information content (AvgIpc) is 2.55. The third-order valence-electron chi connectivity index (χ3n) is 3.66. The Kier molecular flexibility index (Phi) is 2.06. The van der Waals surface area contributed by atoms with Crippen LogP contribution in [0.15, 0.2) is 35.5 Å². The molecule has 1 aliphatic heterocycles. The molecule has 4 atom stereocenters. The molecular formula is C12H15NO2. The molecule has 0 amide bonds. The summed E-state index contributed by atoms with van der Waals surface area (Å²) in [5, 5.41) is 22.4. The standard InChI is InChI=1S/C12H15NO2/c14-11-9-6-5-7-3-1-2-4-8(7)10(9)12(15)13-11/h1-4,7,9,11-15H,5-6H2. The SMILES string of the molecule is OC1NC(O)C2CCC3C=CC=CC3=C12. The molecule has 3 rings (SSSR count). The lowest BCUT2D eigenvalue weighted by Crippen LogP contribution is -2.30. The van der Waals surface area contributed by atoms with Gasteiger partial charge in [0.25, 0.3) is 0 Å². The molecule has 1 saturated heterocycles. The molecule has 0 radical (unpaired) electrons. The first-order chi connectivity index (χ1) is 7.27. The topological polar surface area (TPSA) is 52.5 Å². The van der Waals surface area contributed by atoms with Crippen LogP contribution in [-0.2, 0) is 0 Å². The molecule has 15 heavy (non-hydrogen) atoms. The van der Waals surface area contributed by atoms with Gasteiger partial charge in [-0.1, -0.05) is 24.3 Å². The molecule has 80 valence electrons. The Labute approximate surface area is 88.8 Å². The lowest BCUT2D eigenvalue weighted by Gasteiger charge is -2.30. The zero-order chi connectivity index (χ0) is 10.4. The molecule has 3 heteroatoms. The van der Waals surface area contributed by atoms with Crippen LogP contribution in [0.5, 0.6) is 0 Å². The summed E-state index contributed by atoms with van der Waals surface area (Å²) in [5.74, 6) is 0.533. The fourth-order valence-corrected chi connectivity index (χ4v) is 2.93. The van der Waals surface area contributed by atoms with E-state index in [1.165, 1.54) is 5.57 Å².